The van der Waals surface area contributed by atoms with Crippen molar-refractivity contribution in [2.75, 3.05) is 6.54 Å². The predicted molar refractivity (Wildman–Crippen MR) is 99.2 cm³/mol. The maximum Gasteiger partial charge on any atom is 0.255 e. The number of quaternary nitrogens is 1. The summed E-state index contributed by atoms with van der Waals surface area (Å²) in [5.41, 5.74) is 1.79. The minimum atomic E-state index is -3.58. The molecule has 0 saturated carbocycles. The summed E-state index contributed by atoms with van der Waals surface area (Å²) in [6.45, 7) is 0.402. The molecule has 140 valence electrons. The van der Waals surface area contributed by atoms with E-state index in [9.17, 15) is 18.4 Å². The Kier molecular flexibility index (Phi) is 5.82. The summed E-state index contributed by atoms with van der Waals surface area (Å²) in [5, 5.41) is 12.4. The number of benzene rings is 2. The summed E-state index contributed by atoms with van der Waals surface area (Å²) in [4.78, 5) is 12.5. The van der Waals surface area contributed by atoms with Crippen molar-refractivity contribution in [3.8, 4) is 0 Å². The first kappa shape index (κ1) is 19.0. The average molecular weight is 386 g/mol. The van der Waals surface area contributed by atoms with Crippen molar-refractivity contribution in [1.29, 1.82) is 0 Å². The van der Waals surface area contributed by atoms with Gasteiger partial charge in [-0.3, -0.25) is 4.79 Å². The number of hydroxylamine groups is 2. The van der Waals surface area contributed by atoms with Crippen molar-refractivity contribution < 1.29 is 23.5 Å². The molecule has 0 saturated heterocycles. The fourth-order valence-electron chi connectivity index (χ4n) is 2.53. The molecule has 1 amide bonds. The van der Waals surface area contributed by atoms with E-state index in [0.29, 0.717) is 11.3 Å². The van der Waals surface area contributed by atoms with E-state index in [1.807, 2.05) is 0 Å². The van der Waals surface area contributed by atoms with Crippen LogP contribution in [-0.4, -0.2) is 26.1 Å². The fraction of sp³-hybridized carbons (Fsp3) is 0.105. The lowest BCUT2D eigenvalue weighted by atomic mass is 10.1. The fourth-order valence-corrected chi connectivity index (χ4v) is 3.57. The summed E-state index contributed by atoms with van der Waals surface area (Å²) in [7, 11) is -3.58. The van der Waals surface area contributed by atoms with Gasteiger partial charge in [0.05, 0.1) is 10.6 Å². The second-order valence-corrected chi connectivity index (χ2v) is 7.77. The van der Waals surface area contributed by atoms with E-state index in [4.69, 9.17) is 0 Å². The van der Waals surface area contributed by atoms with Gasteiger partial charge in [0.2, 0.25) is 10.0 Å². The third kappa shape index (κ3) is 5.11. The van der Waals surface area contributed by atoms with Crippen molar-refractivity contribution in [2.24, 2.45) is 0 Å². The van der Waals surface area contributed by atoms with E-state index in [0.717, 1.165) is 5.56 Å². The number of hydrogen-bond donors (Lipinski definition) is 4. The van der Waals surface area contributed by atoms with Gasteiger partial charge in [-0.1, -0.05) is 30.3 Å². The summed E-state index contributed by atoms with van der Waals surface area (Å²) in [5.74, 6) is -0.291. The minimum absolute atomic E-state index is 0.123. The van der Waals surface area contributed by atoms with E-state index in [-0.39, 0.29) is 29.0 Å². The lowest BCUT2D eigenvalue weighted by Crippen LogP contribution is -3.05. The molecule has 1 unspecified atom stereocenters. The largest absolute Gasteiger partial charge is 0.320 e. The van der Waals surface area contributed by atoms with Gasteiger partial charge in [0.25, 0.3) is 5.91 Å². The van der Waals surface area contributed by atoms with Gasteiger partial charge < -0.3 is 5.32 Å². The third-order valence-electron chi connectivity index (χ3n) is 3.97. The highest BCUT2D eigenvalue weighted by Crippen LogP contribution is 2.10. The van der Waals surface area contributed by atoms with Crippen molar-refractivity contribution in [2.45, 2.75) is 11.4 Å². The Morgan fingerprint density at radius 3 is 2.44 bits per heavy atom. The highest BCUT2D eigenvalue weighted by Gasteiger charge is 2.15. The van der Waals surface area contributed by atoms with Crippen LogP contribution in [0.5, 0.6) is 0 Å². The van der Waals surface area contributed by atoms with Gasteiger partial charge in [0.1, 0.15) is 6.20 Å². The zero-order valence-corrected chi connectivity index (χ0v) is 15.2. The molecule has 2 aromatic carbocycles. The van der Waals surface area contributed by atoms with E-state index >= 15 is 0 Å². The Morgan fingerprint density at radius 1 is 1.07 bits per heavy atom. The van der Waals surface area contributed by atoms with Crippen LogP contribution < -0.4 is 15.1 Å². The van der Waals surface area contributed by atoms with Gasteiger partial charge in [0, 0.05) is 12.1 Å². The molecule has 7 nitrogen and oxygen atoms in total. The summed E-state index contributed by atoms with van der Waals surface area (Å²) in [6.07, 6.45) is 4.96. The van der Waals surface area contributed by atoms with Gasteiger partial charge in [-0.15, -0.1) is 0 Å². The number of allylic oxidation sites excluding steroid dienone is 2. The maximum absolute atomic E-state index is 12.3. The zero-order chi connectivity index (χ0) is 19.3. The van der Waals surface area contributed by atoms with Gasteiger partial charge >= 0.3 is 0 Å². The molecule has 0 radical (unpaired) electrons. The van der Waals surface area contributed by atoms with Crippen LogP contribution in [0.4, 0.5) is 0 Å². The average Bonchev–Trinajstić information content (AvgIpc) is 2.67. The van der Waals surface area contributed by atoms with Crippen LogP contribution in [0.1, 0.15) is 15.9 Å². The molecule has 0 fully saturated rings. The molecule has 3 rings (SSSR count). The molecular formula is C19H20N3O4S+. The topological polar surface area (TPSA) is 99.9 Å². The monoisotopic (exact) mass is 386 g/mol. The SMILES string of the molecule is O=C(NC1=CC=C[NH+](O)C1)c1ccc(CNS(=O)(=O)c2ccccc2)cc1. The van der Waals surface area contributed by atoms with Crippen molar-refractivity contribution >= 4 is 15.9 Å². The van der Waals surface area contributed by atoms with Crippen LogP contribution in [0.25, 0.3) is 0 Å². The van der Waals surface area contributed by atoms with Crippen LogP contribution in [0.3, 0.4) is 0 Å². The minimum Gasteiger partial charge on any atom is -0.320 e. The Hall–Kier alpha value is -2.78. The number of nitrogens with one attached hydrogen (secondary N) is 3. The second kappa shape index (κ2) is 8.28. The van der Waals surface area contributed by atoms with E-state index in [1.54, 1.807) is 60.8 Å². The Balaban J connectivity index is 1.59. The van der Waals surface area contributed by atoms with Crippen molar-refractivity contribution in [1.82, 2.24) is 10.0 Å². The first-order valence-electron chi connectivity index (χ1n) is 8.31. The van der Waals surface area contributed by atoms with Gasteiger partial charge in [-0.2, -0.15) is 5.06 Å². The zero-order valence-electron chi connectivity index (χ0n) is 14.4. The molecular weight excluding hydrogens is 366 g/mol. The lowest BCUT2D eigenvalue weighted by molar-refractivity contribution is -1.04. The Morgan fingerprint density at radius 2 is 1.78 bits per heavy atom. The molecule has 1 aliphatic rings. The summed E-state index contributed by atoms with van der Waals surface area (Å²) in [6, 6.07) is 14.8. The number of carbonyl (C=O) groups is 1. The van der Waals surface area contributed by atoms with Crippen LogP contribution in [0.2, 0.25) is 0 Å². The summed E-state index contributed by atoms with van der Waals surface area (Å²) >= 11 is 0. The Bertz CT molecular complexity index is 968. The number of amides is 1. The maximum atomic E-state index is 12.3. The van der Waals surface area contributed by atoms with E-state index in [1.165, 1.54) is 12.1 Å². The molecule has 27 heavy (non-hydrogen) atoms. The van der Waals surface area contributed by atoms with Crippen molar-refractivity contribution in [3.63, 3.8) is 0 Å². The van der Waals surface area contributed by atoms with Crippen LogP contribution in [-0.2, 0) is 16.6 Å². The first-order chi connectivity index (χ1) is 12.9. The highest BCUT2D eigenvalue weighted by atomic mass is 32.2. The molecule has 4 N–H and O–H groups in total. The normalized spacial score (nSPS) is 16.6. The smallest absolute Gasteiger partial charge is 0.255 e. The second-order valence-electron chi connectivity index (χ2n) is 6.01. The predicted octanol–water partition coefficient (Wildman–Crippen LogP) is 0.580. The summed E-state index contributed by atoms with van der Waals surface area (Å²) < 4.78 is 27.0. The number of rotatable bonds is 6. The van der Waals surface area contributed by atoms with Gasteiger partial charge in [-0.05, 0) is 42.0 Å². The number of carbonyl (C=O) groups excluding carboxylic acids is 1. The van der Waals surface area contributed by atoms with Crippen LogP contribution in [0, 0.1) is 0 Å². The standard InChI is InChI=1S/C19H19N3O4S/c23-19(21-17-5-4-12-22(24)14-17)16-10-8-15(9-11-16)13-20-27(25,26)18-6-2-1-3-7-18/h1-12,20,24H,13-14H2,(H,21,23)/p+1. The van der Waals surface area contributed by atoms with E-state index < -0.39 is 10.0 Å². The molecule has 8 heteroatoms. The Labute approximate surface area is 157 Å². The third-order valence-corrected chi connectivity index (χ3v) is 5.38. The number of hydrogen-bond acceptors (Lipinski definition) is 4. The molecule has 2 aromatic rings. The molecule has 1 atom stereocenters. The quantitative estimate of drug-likeness (QED) is 0.584. The van der Waals surface area contributed by atoms with Crippen LogP contribution >= 0.6 is 0 Å². The first-order valence-corrected chi connectivity index (χ1v) is 9.79. The van der Waals surface area contributed by atoms with E-state index in [2.05, 4.69) is 10.0 Å². The van der Waals surface area contributed by atoms with Crippen LogP contribution in [0.15, 0.2) is 83.5 Å². The molecule has 0 aliphatic carbocycles. The number of sulfonamides is 1. The van der Waals surface area contributed by atoms with Gasteiger partial charge in [-0.25, -0.2) is 18.3 Å². The molecule has 1 heterocycles. The molecule has 1 aliphatic heterocycles. The lowest BCUT2D eigenvalue weighted by Gasteiger charge is -2.13. The molecule has 0 spiro atoms. The molecule has 0 bridgehead atoms. The molecule has 0 aromatic heterocycles. The van der Waals surface area contributed by atoms with Gasteiger partial charge in [0.15, 0.2) is 6.54 Å². The van der Waals surface area contributed by atoms with Crippen molar-refractivity contribution in [3.05, 3.63) is 89.8 Å². The highest BCUT2D eigenvalue weighted by molar-refractivity contribution is 7.89.